The number of hydrogen-bond donors (Lipinski definition) is 1. The molecule has 5 nitrogen and oxygen atoms in total. The molecule has 1 aliphatic heterocycles. The van der Waals surface area contributed by atoms with Crippen LogP contribution in [-0.2, 0) is 7.05 Å². The average molecular weight is 191 g/mol. The van der Waals surface area contributed by atoms with Gasteiger partial charge in [0.05, 0.1) is 11.9 Å². The highest BCUT2D eigenvalue weighted by molar-refractivity contribution is 6.04. The fourth-order valence-electron chi connectivity index (χ4n) is 1.44. The summed E-state index contributed by atoms with van der Waals surface area (Å²) in [5.74, 6) is 0.607. The van der Waals surface area contributed by atoms with E-state index < -0.39 is 0 Å². The molecule has 1 aromatic rings. The normalized spacial score (nSPS) is 16.4. The summed E-state index contributed by atoms with van der Waals surface area (Å²) in [6, 6.07) is 0. The zero-order valence-corrected chi connectivity index (χ0v) is 8.36. The van der Waals surface area contributed by atoms with Crippen LogP contribution in [-0.4, -0.2) is 21.3 Å². The second-order valence-corrected chi connectivity index (χ2v) is 3.41. The van der Waals surface area contributed by atoms with Gasteiger partial charge in [0.15, 0.2) is 0 Å². The highest BCUT2D eigenvalue weighted by atomic mass is 15.3. The molecule has 0 amide bonds. The Labute approximate surface area is 82.3 Å². The van der Waals surface area contributed by atoms with Crippen molar-refractivity contribution < 1.29 is 0 Å². The monoisotopic (exact) mass is 191 g/mol. The maximum atomic E-state index is 5.54. The third kappa shape index (κ3) is 1.41. The van der Waals surface area contributed by atoms with Crippen LogP contribution in [0.4, 0.5) is 0 Å². The molecule has 5 heteroatoms. The summed E-state index contributed by atoms with van der Waals surface area (Å²) >= 11 is 0. The van der Waals surface area contributed by atoms with E-state index in [1.165, 1.54) is 0 Å². The van der Waals surface area contributed by atoms with E-state index in [1.807, 2.05) is 24.9 Å². The lowest BCUT2D eigenvalue weighted by atomic mass is 10.1. The summed E-state index contributed by atoms with van der Waals surface area (Å²) in [6.07, 6.45) is 3.46. The highest BCUT2D eigenvalue weighted by Crippen LogP contribution is 2.14. The number of hydrogen-bond acceptors (Lipinski definition) is 4. The summed E-state index contributed by atoms with van der Waals surface area (Å²) in [6.45, 7) is 2.02. The van der Waals surface area contributed by atoms with Crippen LogP contribution in [0.25, 0.3) is 0 Å². The number of amidine groups is 1. The van der Waals surface area contributed by atoms with Crippen molar-refractivity contribution in [2.75, 3.05) is 0 Å². The first-order valence-corrected chi connectivity index (χ1v) is 4.56. The topological polar surface area (TPSA) is 68.6 Å². The Kier molecular flexibility index (Phi) is 2.07. The SMILES string of the molecule is Cc1c(C2=NN=C(N)CC2)cnn1C. The van der Waals surface area contributed by atoms with Crippen molar-refractivity contribution in [2.24, 2.45) is 23.0 Å². The number of nitrogens with zero attached hydrogens (tertiary/aromatic N) is 4. The van der Waals surface area contributed by atoms with Gasteiger partial charge < -0.3 is 5.73 Å². The van der Waals surface area contributed by atoms with E-state index in [9.17, 15) is 0 Å². The number of rotatable bonds is 1. The van der Waals surface area contributed by atoms with Crippen molar-refractivity contribution in [2.45, 2.75) is 19.8 Å². The van der Waals surface area contributed by atoms with Crippen LogP contribution in [0, 0.1) is 6.92 Å². The van der Waals surface area contributed by atoms with Gasteiger partial charge in [0, 0.05) is 24.7 Å². The molecule has 2 rings (SSSR count). The van der Waals surface area contributed by atoms with Crippen molar-refractivity contribution in [3.63, 3.8) is 0 Å². The zero-order chi connectivity index (χ0) is 10.1. The van der Waals surface area contributed by atoms with Gasteiger partial charge in [0.2, 0.25) is 0 Å². The molecular formula is C9H13N5. The lowest BCUT2D eigenvalue weighted by Gasteiger charge is -2.08. The second kappa shape index (κ2) is 3.25. The van der Waals surface area contributed by atoms with Crippen LogP contribution < -0.4 is 5.73 Å². The van der Waals surface area contributed by atoms with Crippen LogP contribution in [0.15, 0.2) is 16.4 Å². The first-order chi connectivity index (χ1) is 6.68. The molecule has 2 heterocycles. The predicted molar refractivity (Wildman–Crippen MR) is 55.3 cm³/mol. The van der Waals surface area contributed by atoms with Gasteiger partial charge in [0.25, 0.3) is 0 Å². The molecule has 0 aromatic carbocycles. The van der Waals surface area contributed by atoms with Crippen molar-refractivity contribution in [3.8, 4) is 0 Å². The Balaban J connectivity index is 2.37. The minimum Gasteiger partial charge on any atom is -0.386 e. The molecule has 0 saturated heterocycles. The van der Waals surface area contributed by atoms with Gasteiger partial charge in [-0.3, -0.25) is 4.68 Å². The molecule has 0 saturated carbocycles. The van der Waals surface area contributed by atoms with Gasteiger partial charge in [-0.05, 0) is 13.3 Å². The lowest BCUT2D eigenvalue weighted by molar-refractivity contribution is 0.739. The van der Waals surface area contributed by atoms with Gasteiger partial charge in [-0.15, -0.1) is 5.10 Å². The molecule has 0 bridgehead atoms. The molecule has 1 aromatic heterocycles. The van der Waals surface area contributed by atoms with Crippen LogP contribution in [0.1, 0.15) is 24.1 Å². The Hall–Kier alpha value is -1.65. The van der Waals surface area contributed by atoms with Crippen molar-refractivity contribution in [3.05, 3.63) is 17.5 Å². The third-order valence-electron chi connectivity index (χ3n) is 2.46. The minimum atomic E-state index is 0.607. The summed E-state index contributed by atoms with van der Waals surface area (Å²) < 4.78 is 1.83. The number of aryl methyl sites for hydroxylation is 1. The van der Waals surface area contributed by atoms with Gasteiger partial charge in [-0.2, -0.15) is 10.2 Å². The summed E-state index contributed by atoms with van der Waals surface area (Å²) in [5.41, 5.74) is 8.70. The fraction of sp³-hybridized carbons (Fsp3) is 0.444. The molecule has 0 aliphatic carbocycles. The standard InChI is InChI=1S/C9H13N5/c1-6-7(5-11-14(6)2)8-3-4-9(10)13-12-8/h5H,3-4H2,1-2H3,(H2,10,13). The predicted octanol–water partition coefficient (Wildman–Crippen LogP) is 0.584. The molecule has 0 unspecified atom stereocenters. The minimum absolute atomic E-state index is 0.607. The van der Waals surface area contributed by atoms with Gasteiger partial charge >= 0.3 is 0 Å². The molecule has 74 valence electrons. The molecule has 2 N–H and O–H groups in total. The Morgan fingerprint density at radius 3 is 2.64 bits per heavy atom. The second-order valence-electron chi connectivity index (χ2n) is 3.41. The Morgan fingerprint density at radius 2 is 2.14 bits per heavy atom. The first kappa shape index (κ1) is 8.93. The largest absolute Gasteiger partial charge is 0.386 e. The third-order valence-corrected chi connectivity index (χ3v) is 2.46. The van der Waals surface area contributed by atoms with Crippen molar-refractivity contribution in [1.82, 2.24) is 9.78 Å². The van der Waals surface area contributed by atoms with E-state index in [1.54, 1.807) is 0 Å². The van der Waals surface area contributed by atoms with E-state index in [4.69, 9.17) is 5.73 Å². The molecular weight excluding hydrogens is 178 g/mol. The van der Waals surface area contributed by atoms with Gasteiger partial charge in [-0.1, -0.05) is 0 Å². The van der Waals surface area contributed by atoms with Gasteiger partial charge in [-0.25, -0.2) is 0 Å². The maximum Gasteiger partial charge on any atom is 0.122 e. The van der Waals surface area contributed by atoms with Gasteiger partial charge in [0.1, 0.15) is 5.84 Å². The molecule has 0 atom stereocenters. The summed E-state index contributed by atoms with van der Waals surface area (Å²) in [7, 11) is 1.92. The van der Waals surface area contributed by atoms with E-state index >= 15 is 0 Å². The maximum absolute atomic E-state index is 5.54. The molecule has 0 radical (unpaired) electrons. The lowest BCUT2D eigenvalue weighted by Crippen LogP contribution is -2.18. The van der Waals surface area contributed by atoms with E-state index in [2.05, 4.69) is 15.3 Å². The molecule has 0 fully saturated rings. The average Bonchev–Trinajstić information content (AvgIpc) is 2.50. The zero-order valence-electron chi connectivity index (χ0n) is 8.36. The van der Waals surface area contributed by atoms with Crippen molar-refractivity contribution >= 4 is 11.5 Å². The van der Waals surface area contributed by atoms with Crippen molar-refractivity contribution in [1.29, 1.82) is 0 Å². The van der Waals surface area contributed by atoms with Crippen LogP contribution >= 0.6 is 0 Å². The molecule has 14 heavy (non-hydrogen) atoms. The Bertz CT molecular complexity index is 413. The quantitative estimate of drug-likeness (QED) is 0.705. The highest BCUT2D eigenvalue weighted by Gasteiger charge is 2.14. The smallest absolute Gasteiger partial charge is 0.122 e. The molecule has 1 aliphatic rings. The number of aromatic nitrogens is 2. The van der Waals surface area contributed by atoms with E-state index in [-0.39, 0.29) is 0 Å². The summed E-state index contributed by atoms with van der Waals surface area (Å²) in [5, 5.41) is 12.1. The van der Waals surface area contributed by atoms with E-state index in [0.717, 1.165) is 29.8 Å². The Morgan fingerprint density at radius 1 is 1.36 bits per heavy atom. The first-order valence-electron chi connectivity index (χ1n) is 4.56. The molecule has 0 spiro atoms. The number of nitrogens with two attached hydrogens (primary N) is 1. The van der Waals surface area contributed by atoms with E-state index in [0.29, 0.717) is 5.84 Å². The summed E-state index contributed by atoms with van der Waals surface area (Å²) in [4.78, 5) is 0. The van der Waals surface area contributed by atoms with Crippen LogP contribution in [0.5, 0.6) is 0 Å². The fourth-order valence-corrected chi connectivity index (χ4v) is 1.44. The van der Waals surface area contributed by atoms with Crippen LogP contribution in [0.2, 0.25) is 0 Å². The van der Waals surface area contributed by atoms with Crippen LogP contribution in [0.3, 0.4) is 0 Å².